The van der Waals surface area contributed by atoms with Crippen LogP contribution in [0.4, 0.5) is 9.18 Å². The lowest BCUT2D eigenvalue weighted by Crippen LogP contribution is -2.26. The van der Waals surface area contributed by atoms with Crippen molar-refractivity contribution in [2.45, 2.75) is 12.3 Å². The van der Waals surface area contributed by atoms with E-state index in [2.05, 4.69) is 29.6 Å². The van der Waals surface area contributed by atoms with E-state index in [4.69, 9.17) is 16.3 Å². The average molecular weight is 422 g/mol. The van der Waals surface area contributed by atoms with Crippen molar-refractivity contribution in [1.29, 1.82) is 0 Å². The Bertz CT molecular complexity index is 1050. The Morgan fingerprint density at radius 2 is 1.70 bits per heavy atom. The fraction of sp³-hybridized carbons (Fsp3) is 0.160. The van der Waals surface area contributed by atoms with Gasteiger partial charge in [0, 0.05) is 12.5 Å². The molecular weight excluding hydrogens is 401 g/mol. The SMILES string of the molecule is O=C(NCCC=Cc1ccc(F)cc1Cl)OCC1c2ccccc2-c2ccccc21. The highest BCUT2D eigenvalue weighted by Gasteiger charge is 2.28. The van der Waals surface area contributed by atoms with Crippen molar-refractivity contribution in [2.75, 3.05) is 13.2 Å². The van der Waals surface area contributed by atoms with E-state index in [0.29, 0.717) is 24.6 Å². The van der Waals surface area contributed by atoms with Gasteiger partial charge in [-0.2, -0.15) is 0 Å². The maximum absolute atomic E-state index is 13.1. The monoisotopic (exact) mass is 421 g/mol. The molecule has 3 aromatic rings. The number of amides is 1. The molecular formula is C25H21ClFNO2. The summed E-state index contributed by atoms with van der Waals surface area (Å²) in [4.78, 5) is 12.1. The van der Waals surface area contributed by atoms with E-state index in [1.54, 1.807) is 12.1 Å². The number of fused-ring (bicyclic) bond motifs is 3. The first-order valence-corrected chi connectivity index (χ1v) is 10.2. The van der Waals surface area contributed by atoms with Crippen LogP contribution in [-0.2, 0) is 4.74 Å². The number of carbonyl (C=O) groups excluding carboxylic acids is 1. The second-order valence-corrected chi connectivity index (χ2v) is 7.52. The number of carbonyl (C=O) groups is 1. The molecule has 0 fully saturated rings. The van der Waals surface area contributed by atoms with Crippen LogP contribution >= 0.6 is 11.6 Å². The van der Waals surface area contributed by atoms with Gasteiger partial charge in [0.05, 0.1) is 5.02 Å². The number of hydrogen-bond acceptors (Lipinski definition) is 2. The van der Waals surface area contributed by atoms with E-state index in [1.807, 2.05) is 30.3 Å². The van der Waals surface area contributed by atoms with Gasteiger partial charge in [-0.15, -0.1) is 0 Å². The van der Waals surface area contributed by atoms with Crippen molar-refractivity contribution >= 4 is 23.8 Å². The first kappa shape index (κ1) is 20.2. The van der Waals surface area contributed by atoms with Crippen LogP contribution in [-0.4, -0.2) is 19.2 Å². The van der Waals surface area contributed by atoms with Crippen molar-refractivity contribution in [1.82, 2.24) is 5.32 Å². The number of hydrogen-bond donors (Lipinski definition) is 1. The van der Waals surface area contributed by atoms with Crippen molar-refractivity contribution in [3.8, 4) is 11.1 Å². The highest BCUT2D eigenvalue weighted by atomic mass is 35.5. The van der Waals surface area contributed by atoms with Crippen LogP contribution < -0.4 is 5.32 Å². The highest BCUT2D eigenvalue weighted by molar-refractivity contribution is 6.32. The highest BCUT2D eigenvalue weighted by Crippen LogP contribution is 2.44. The largest absolute Gasteiger partial charge is 0.449 e. The molecule has 0 saturated heterocycles. The normalized spacial score (nSPS) is 12.6. The molecule has 0 bridgehead atoms. The minimum absolute atomic E-state index is 0.0451. The van der Waals surface area contributed by atoms with E-state index >= 15 is 0 Å². The molecule has 0 radical (unpaired) electrons. The zero-order chi connectivity index (χ0) is 20.9. The van der Waals surface area contributed by atoms with Gasteiger partial charge in [-0.05, 0) is 46.4 Å². The van der Waals surface area contributed by atoms with E-state index < -0.39 is 6.09 Å². The number of halogens is 2. The summed E-state index contributed by atoms with van der Waals surface area (Å²) in [5, 5.41) is 3.12. The van der Waals surface area contributed by atoms with Crippen LogP contribution in [0.15, 0.2) is 72.8 Å². The molecule has 1 aliphatic rings. The molecule has 0 unspecified atom stereocenters. The minimum atomic E-state index is -0.440. The molecule has 0 aromatic heterocycles. The second kappa shape index (κ2) is 9.14. The maximum atomic E-state index is 13.1. The Hall–Kier alpha value is -3.11. The van der Waals surface area contributed by atoms with E-state index in [1.165, 1.54) is 34.4 Å². The van der Waals surface area contributed by atoms with Crippen LogP contribution in [0.5, 0.6) is 0 Å². The Kier molecular flexibility index (Phi) is 6.15. The third-order valence-corrected chi connectivity index (χ3v) is 5.51. The van der Waals surface area contributed by atoms with Crippen LogP contribution in [0.25, 0.3) is 17.2 Å². The molecule has 4 rings (SSSR count). The van der Waals surface area contributed by atoms with Crippen molar-refractivity contribution in [3.05, 3.63) is 100 Å². The Morgan fingerprint density at radius 1 is 1.03 bits per heavy atom. The van der Waals surface area contributed by atoms with Crippen LogP contribution in [0.2, 0.25) is 5.02 Å². The summed E-state index contributed by atoms with van der Waals surface area (Å²) in [6.45, 7) is 0.729. The Morgan fingerprint density at radius 3 is 2.37 bits per heavy atom. The van der Waals surface area contributed by atoms with Crippen LogP contribution in [0, 0.1) is 5.82 Å². The molecule has 3 aromatic carbocycles. The first-order valence-electron chi connectivity index (χ1n) is 9.84. The van der Waals surface area contributed by atoms with Gasteiger partial charge in [0.25, 0.3) is 0 Å². The minimum Gasteiger partial charge on any atom is -0.449 e. The van der Waals surface area contributed by atoms with Gasteiger partial charge in [-0.25, -0.2) is 9.18 Å². The quantitative estimate of drug-likeness (QED) is 0.466. The zero-order valence-corrected chi connectivity index (χ0v) is 17.0. The fourth-order valence-corrected chi connectivity index (χ4v) is 3.98. The van der Waals surface area contributed by atoms with Gasteiger partial charge >= 0.3 is 6.09 Å². The molecule has 1 amide bonds. The van der Waals surface area contributed by atoms with Gasteiger partial charge in [0.1, 0.15) is 12.4 Å². The molecule has 0 heterocycles. The van der Waals surface area contributed by atoms with E-state index in [9.17, 15) is 9.18 Å². The van der Waals surface area contributed by atoms with Gasteiger partial charge in [-0.1, -0.05) is 78.4 Å². The number of ether oxygens (including phenoxy) is 1. The molecule has 5 heteroatoms. The van der Waals surface area contributed by atoms with Crippen LogP contribution in [0.3, 0.4) is 0 Å². The average Bonchev–Trinajstić information content (AvgIpc) is 3.07. The molecule has 0 atom stereocenters. The summed E-state index contributed by atoms with van der Waals surface area (Å²) < 4.78 is 18.6. The van der Waals surface area contributed by atoms with E-state index in [-0.39, 0.29) is 11.7 Å². The lowest BCUT2D eigenvalue weighted by Gasteiger charge is -2.14. The molecule has 152 valence electrons. The molecule has 1 N–H and O–H groups in total. The summed E-state index contributed by atoms with van der Waals surface area (Å²) in [5.41, 5.74) is 5.51. The summed E-state index contributed by atoms with van der Waals surface area (Å²) in [5.74, 6) is -0.322. The Balaban J connectivity index is 1.28. The predicted molar refractivity (Wildman–Crippen MR) is 118 cm³/mol. The molecule has 0 spiro atoms. The summed E-state index contributed by atoms with van der Waals surface area (Å²) in [6, 6.07) is 20.7. The first-order chi connectivity index (χ1) is 14.6. The van der Waals surface area contributed by atoms with Gasteiger partial charge in [0.15, 0.2) is 0 Å². The van der Waals surface area contributed by atoms with Crippen molar-refractivity contribution in [3.63, 3.8) is 0 Å². The Labute approximate surface area is 180 Å². The number of alkyl carbamates (subject to hydrolysis) is 1. The van der Waals surface area contributed by atoms with Crippen LogP contribution in [0.1, 0.15) is 29.0 Å². The van der Waals surface area contributed by atoms with Gasteiger partial charge in [-0.3, -0.25) is 0 Å². The van der Waals surface area contributed by atoms with Crippen molar-refractivity contribution < 1.29 is 13.9 Å². The second-order valence-electron chi connectivity index (χ2n) is 7.11. The molecule has 0 saturated carbocycles. The smallest absolute Gasteiger partial charge is 0.407 e. The van der Waals surface area contributed by atoms with Gasteiger partial charge in [0.2, 0.25) is 0 Å². The lowest BCUT2D eigenvalue weighted by atomic mass is 9.98. The molecule has 3 nitrogen and oxygen atoms in total. The summed E-state index contributed by atoms with van der Waals surface area (Å²) in [6.07, 6.45) is 3.85. The lowest BCUT2D eigenvalue weighted by molar-refractivity contribution is 0.143. The standard InChI is InChI=1S/C25H21ClFNO2/c26-24-15-18(27)13-12-17(24)7-5-6-14-28-25(29)30-16-23-21-10-3-1-8-19(21)20-9-2-4-11-22(20)23/h1-5,7-13,15,23H,6,14,16H2,(H,28,29). The number of benzene rings is 3. The molecule has 0 aliphatic heterocycles. The summed E-state index contributed by atoms with van der Waals surface area (Å²) >= 11 is 5.99. The number of nitrogens with one attached hydrogen (secondary N) is 1. The topological polar surface area (TPSA) is 38.3 Å². The van der Waals surface area contributed by atoms with Crippen molar-refractivity contribution in [2.24, 2.45) is 0 Å². The zero-order valence-electron chi connectivity index (χ0n) is 16.3. The predicted octanol–water partition coefficient (Wildman–Crippen LogP) is 6.42. The third kappa shape index (κ3) is 4.39. The maximum Gasteiger partial charge on any atom is 0.407 e. The molecule has 1 aliphatic carbocycles. The summed E-state index contributed by atoms with van der Waals surface area (Å²) in [7, 11) is 0. The fourth-order valence-electron chi connectivity index (χ4n) is 3.75. The van der Waals surface area contributed by atoms with Gasteiger partial charge < -0.3 is 10.1 Å². The molecule has 30 heavy (non-hydrogen) atoms. The van der Waals surface area contributed by atoms with E-state index in [0.717, 1.165) is 5.56 Å². The third-order valence-electron chi connectivity index (χ3n) is 5.18. The number of rotatable bonds is 6.